The van der Waals surface area contributed by atoms with Crippen LogP contribution in [0.1, 0.15) is 0 Å². The standard InChI is InChI=1S/C28H16S/c1-2-10-19-18(9-1)21-12-5-7-17-8-6-13-22(28(17)21)24-16-27-25(15-23(19)24)20-11-3-4-14-26(20)29-27/h1-16H. The van der Waals surface area contributed by atoms with E-state index in [0.29, 0.717) is 0 Å². The lowest BCUT2D eigenvalue weighted by molar-refractivity contribution is 1.65. The third-order valence-corrected chi connectivity index (χ3v) is 7.35. The summed E-state index contributed by atoms with van der Waals surface area (Å²) < 4.78 is 2.72. The van der Waals surface area contributed by atoms with Crippen LogP contribution in [0.25, 0.3) is 64.3 Å². The van der Waals surface area contributed by atoms with Crippen molar-refractivity contribution in [2.45, 2.75) is 0 Å². The fraction of sp³-hybridized carbons (Fsp3) is 0. The zero-order valence-electron chi connectivity index (χ0n) is 15.6. The Bertz CT molecular complexity index is 1590. The van der Waals surface area contributed by atoms with Crippen molar-refractivity contribution in [1.29, 1.82) is 0 Å². The molecule has 0 aliphatic heterocycles. The lowest BCUT2D eigenvalue weighted by Gasteiger charge is -2.11. The van der Waals surface area contributed by atoms with Gasteiger partial charge in [0.1, 0.15) is 0 Å². The maximum Gasteiger partial charge on any atom is 0.0362 e. The van der Waals surface area contributed by atoms with Gasteiger partial charge < -0.3 is 0 Å². The van der Waals surface area contributed by atoms with Gasteiger partial charge in [-0.05, 0) is 62.4 Å². The minimum Gasteiger partial charge on any atom is -0.135 e. The Morgan fingerprint density at radius 3 is 1.86 bits per heavy atom. The van der Waals surface area contributed by atoms with E-state index in [9.17, 15) is 0 Å². The zero-order chi connectivity index (χ0) is 18.9. The Hall–Kier alpha value is -3.42. The molecule has 0 unspecified atom stereocenters. The number of thiophene rings is 1. The van der Waals surface area contributed by atoms with Crippen molar-refractivity contribution in [3.63, 3.8) is 0 Å². The van der Waals surface area contributed by atoms with E-state index >= 15 is 0 Å². The van der Waals surface area contributed by atoms with Crippen LogP contribution >= 0.6 is 11.3 Å². The summed E-state index contributed by atoms with van der Waals surface area (Å²) in [4.78, 5) is 0. The van der Waals surface area contributed by atoms with Gasteiger partial charge in [0.05, 0.1) is 0 Å². The number of fused-ring (bicyclic) bond motifs is 8. The molecule has 0 amide bonds. The van der Waals surface area contributed by atoms with Crippen LogP contribution in [0.15, 0.2) is 97.1 Å². The first kappa shape index (κ1) is 15.5. The predicted molar refractivity (Wildman–Crippen MR) is 127 cm³/mol. The SMILES string of the molecule is c1ccc2c(c1)-c1cc3c(cc1-c1cccc4cccc-2c14)sc1ccccc13. The average molecular weight is 385 g/mol. The molecule has 0 saturated carbocycles. The average Bonchev–Trinajstić information content (AvgIpc) is 3.09. The largest absolute Gasteiger partial charge is 0.135 e. The number of benzene rings is 5. The maximum atomic E-state index is 2.42. The Balaban J connectivity index is 1.74. The van der Waals surface area contributed by atoms with Crippen molar-refractivity contribution < 1.29 is 0 Å². The van der Waals surface area contributed by atoms with Crippen LogP contribution in [0, 0.1) is 0 Å². The molecule has 7 rings (SSSR count). The van der Waals surface area contributed by atoms with Gasteiger partial charge in [0.2, 0.25) is 0 Å². The number of hydrogen-bond acceptors (Lipinski definition) is 1. The second kappa shape index (κ2) is 5.56. The molecule has 0 bridgehead atoms. The second-order valence-corrected chi connectivity index (χ2v) is 8.83. The Morgan fingerprint density at radius 2 is 1.03 bits per heavy atom. The molecule has 0 atom stereocenters. The Kier molecular flexibility index (Phi) is 2.97. The lowest BCUT2D eigenvalue weighted by atomic mass is 9.92. The Morgan fingerprint density at radius 1 is 0.414 bits per heavy atom. The van der Waals surface area contributed by atoms with Crippen molar-refractivity contribution in [3.8, 4) is 33.4 Å². The highest BCUT2D eigenvalue weighted by Gasteiger charge is 2.22. The molecule has 0 saturated heterocycles. The van der Waals surface area contributed by atoms with Crippen LogP contribution in [-0.4, -0.2) is 0 Å². The quantitative estimate of drug-likeness (QED) is 0.246. The molecule has 5 aromatic carbocycles. The molecule has 1 aromatic heterocycles. The molecule has 0 fully saturated rings. The highest BCUT2D eigenvalue weighted by molar-refractivity contribution is 7.25. The predicted octanol–water partition coefficient (Wildman–Crippen LogP) is 8.52. The fourth-order valence-corrected chi connectivity index (χ4v) is 6.09. The monoisotopic (exact) mass is 384 g/mol. The molecule has 0 N–H and O–H groups in total. The normalized spacial score (nSPS) is 12.1. The fourth-order valence-electron chi connectivity index (χ4n) is 4.96. The molecule has 1 aliphatic rings. The molecule has 1 heterocycles. The third-order valence-electron chi connectivity index (χ3n) is 6.22. The summed E-state index contributed by atoms with van der Waals surface area (Å²) in [6, 6.07) is 35.9. The minimum absolute atomic E-state index is 1.30. The van der Waals surface area contributed by atoms with Crippen LogP contribution in [0.4, 0.5) is 0 Å². The van der Waals surface area contributed by atoms with Gasteiger partial charge in [-0.25, -0.2) is 0 Å². The van der Waals surface area contributed by atoms with E-state index in [4.69, 9.17) is 0 Å². The van der Waals surface area contributed by atoms with Gasteiger partial charge >= 0.3 is 0 Å². The van der Waals surface area contributed by atoms with E-state index in [1.54, 1.807) is 0 Å². The molecule has 0 spiro atoms. The topological polar surface area (TPSA) is 0 Å². The van der Waals surface area contributed by atoms with Crippen LogP contribution in [0.5, 0.6) is 0 Å². The molecule has 1 aliphatic carbocycles. The lowest BCUT2D eigenvalue weighted by Crippen LogP contribution is -1.85. The summed E-state index contributed by atoms with van der Waals surface area (Å²) in [7, 11) is 0. The van der Waals surface area contributed by atoms with Crippen molar-refractivity contribution in [2.24, 2.45) is 0 Å². The summed E-state index contributed by atoms with van der Waals surface area (Å²) in [6.07, 6.45) is 0. The van der Waals surface area contributed by atoms with E-state index in [-0.39, 0.29) is 0 Å². The molecule has 134 valence electrons. The number of rotatable bonds is 0. The van der Waals surface area contributed by atoms with Crippen LogP contribution in [0.2, 0.25) is 0 Å². The van der Waals surface area contributed by atoms with E-state index in [2.05, 4.69) is 97.1 Å². The first-order valence-electron chi connectivity index (χ1n) is 9.96. The highest BCUT2D eigenvalue weighted by atomic mass is 32.1. The van der Waals surface area contributed by atoms with Gasteiger partial charge in [-0.1, -0.05) is 78.9 Å². The van der Waals surface area contributed by atoms with Crippen molar-refractivity contribution in [1.82, 2.24) is 0 Å². The summed E-state index contributed by atoms with van der Waals surface area (Å²) in [5.74, 6) is 0. The van der Waals surface area contributed by atoms with Crippen molar-refractivity contribution >= 4 is 42.3 Å². The van der Waals surface area contributed by atoms with Gasteiger partial charge in [0, 0.05) is 20.2 Å². The molecular formula is C28H16S. The third kappa shape index (κ3) is 2.03. The minimum atomic E-state index is 1.30. The molecule has 0 radical (unpaired) electrons. The van der Waals surface area contributed by atoms with Gasteiger partial charge in [-0.3, -0.25) is 0 Å². The summed E-state index contributed by atoms with van der Waals surface area (Å²) in [5, 5.41) is 5.38. The summed E-state index contributed by atoms with van der Waals surface area (Å²) >= 11 is 1.89. The van der Waals surface area contributed by atoms with Crippen LogP contribution < -0.4 is 0 Å². The molecular weight excluding hydrogens is 368 g/mol. The van der Waals surface area contributed by atoms with Gasteiger partial charge in [-0.15, -0.1) is 11.3 Å². The smallest absolute Gasteiger partial charge is 0.0362 e. The van der Waals surface area contributed by atoms with E-state index in [0.717, 1.165) is 0 Å². The molecule has 29 heavy (non-hydrogen) atoms. The van der Waals surface area contributed by atoms with Crippen LogP contribution in [0.3, 0.4) is 0 Å². The zero-order valence-corrected chi connectivity index (χ0v) is 16.5. The van der Waals surface area contributed by atoms with Crippen molar-refractivity contribution in [2.75, 3.05) is 0 Å². The molecule has 0 nitrogen and oxygen atoms in total. The maximum absolute atomic E-state index is 2.42. The first-order valence-corrected chi connectivity index (χ1v) is 10.8. The van der Waals surface area contributed by atoms with Gasteiger partial charge in [0.15, 0.2) is 0 Å². The van der Waals surface area contributed by atoms with E-state index in [1.165, 1.54) is 64.3 Å². The van der Waals surface area contributed by atoms with E-state index < -0.39 is 0 Å². The summed E-state index contributed by atoms with van der Waals surface area (Å²) in [6.45, 7) is 0. The summed E-state index contributed by atoms with van der Waals surface area (Å²) in [5.41, 5.74) is 7.99. The van der Waals surface area contributed by atoms with E-state index in [1.807, 2.05) is 11.3 Å². The molecule has 6 aromatic rings. The Labute approximate surface area is 172 Å². The number of hydrogen-bond donors (Lipinski definition) is 0. The highest BCUT2D eigenvalue weighted by Crippen LogP contribution is 2.49. The van der Waals surface area contributed by atoms with Crippen LogP contribution in [-0.2, 0) is 0 Å². The molecule has 1 heteroatoms. The van der Waals surface area contributed by atoms with Gasteiger partial charge in [-0.2, -0.15) is 0 Å². The van der Waals surface area contributed by atoms with Crippen molar-refractivity contribution in [3.05, 3.63) is 97.1 Å². The second-order valence-electron chi connectivity index (χ2n) is 7.75. The first-order chi connectivity index (χ1) is 14.4. The van der Waals surface area contributed by atoms with Gasteiger partial charge in [0.25, 0.3) is 0 Å².